The van der Waals surface area contributed by atoms with Gasteiger partial charge in [0.25, 0.3) is 5.69 Å². The summed E-state index contributed by atoms with van der Waals surface area (Å²) in [4.78, 5) is 28.9. The summed E-state index contributed by atoms with van der Waals surface area (Å²) >= 11 is 0. The zero-order valence-electron chi connectivity index (χ0n) is 11.0. The highest BCUT2D eigenvalue weighted by Gasteiger charge is 2.24. The molecule has 2 heterocycles. The number of nitrogens with zero attached hydrogens (tertiary/aromatic N) is 2. The Hall–Kier alpha value is -2.90. The van der Waals surface area contributed by atoms with Crippen LogP contribution in [0.3, 0.4) is 0 Å². The van der Waals surface area contributed by atoms with E-state index in [0.717, 1.165) is 5.69 Å². The first kappa shape index (κ1) is 13.1. The molecule has 3 rings (SSSR count). The number of hydrogen-bond donors (Lipinski definition) is 3. The number of carbonyl (C=O) groups is 1. The number of anilines is 2. The zero-order valence-corrected chi connectivity index (χ0v) is 11.0. The van der Waals surface area contributed by atoms with Gasteiger partial charge in [0.1, 0.15) is 5.69 Å². The van der Waals surface area contributed by atoms with Gasteiger partial charge < -0.3 is 15.6 Å². The zero-order chi connectivity index (χ0) is 14.8. The molecule has 2 aromatic rings. The summed E-state index contributed by atoms with van der Waals surface area (Å²) < 4.78 is 0. The van der Waals surface area contributed by atoms with E-state index in [4.69, 9.17) is 0 Å². The first-order chi connectivity index (χ1) is 10.1. The SMILES string of the molecule is O=C1Cc2cc([N+](=O)[O-])c(NCCc3cnc[nH]3)cc2N1. The number of imidazole rings is 1. The van der Waals surface area contributed by atoms with Crippen LogP contribution in [0.15, 0.2) is 24.7 Å². The summed E-state index contributed by atoms with van der Waals surface area (Å²) in [5.74, 6) is -0.145. The maximum atomic E-state index is 11.3. The average Bonchev–Trinajstić information content (AvgIpc) is 3.05. The summed E-state index contributed by atoms with van der Waals surface area (Å²) in [6.07, 6.45) is 4.15. The van der Waals surface area contributed by atoms with E-state index in [0.29, 0.717) is 29.9 Å². The van der Waals surface area contributed by atoms with Crippen LogP contribution < -0.4 is 10.6 Å². The van der Waals surface area contributed by atoms with Crippen LogP contribution in [-0.2, 0) is 17.6 Å². The van der Waals surface area contributed by atoms with E-state index in [9.17, 15) is 14.9 Å². The average molecular weight is 287 g/mol. The molecule has 8 nitrogen and oxygen atoms in total. The molecule has 0 saturated carbocycles. The predicted octanol–water partition coefficient (Wildman–Crippen LogP) is 1.47. The lowest BCUT2D eigenvalue weighted by atomic mass is 10.1. The largest absolute Gasteiger partial charge is 0.379 e. The molecule has 0 atom stereocenters. The minimum absolute atomic E-state index is 0.0186. The van der Waals surface area contributed by atoms with Crippen molar-refractivity contribution in [3.8, 4) is 0 Å². The van der Waals surface area contributed by atoms with Gasteiger partial charge in [0.05, 0.1) is 17.7 Å². The fraction of sp³-hybridized carbons (Fsp3) is 0.231. The number of aromatic amines is 1. The number of H-pyrrole nitrogens is 1. The van der Waals surface area contributed by atoms with E-state index in [-0.39, 0.29) is 18.0 Å². The number of nitrogens with one attached hydrogen (secondary N) is 3. The first-order valence-corrected chi connectivity index (χ1v) is 6.46. The Morgan fingerprint density at radius 1 is 1.43 bits per heavy atom. The van der Waals surface area contributed by atoms with Crippen molar-refractivity contribution in [1.82, 2.24) is 9.97 Å². The normalized spacial score (nSPS) is 12.9. The van der Waals surface area contributed by atoms with Crippen molar-refractivity contribution < 1.29 is 9.72 Å². The van der Waals surface area contributed by atoms with Gasteiger partial charge in [0.2, 0.25) is 5.91 Å². The summed E-state index contributed by atoms with van der Waals surface area (Å²) in [7, 11) is 0. The van der Waals surface area contributed by atoms with E-state index >= 15 is 0 Å². The third kappa shape index (κ3) is 2.69. The molecule has 0 saturated heterocycles. The molecular formula is C13H13N5O3. The third-order valence-electron chi connectivity index (χ3n) is 3.31. The number of amides is 1. The molecule has 3 N–H and O–H groups in total. The first-order valence-electron chi connectivity index (χ1n) is 6.46. The molecule has 1 aromatic carbocycles. The lowest BCUT2D eigenvalue weighted by molar-refractivity contribution is -0.384. The molecular weight excluding hydrogens is 274 g/mol. The molecule has 0 fully saturated rings. The van der Waals surface area contributed by atoms with Crippen molar-refractivity contribution in [2.45, 2.75) is 12.8 Å². The minimum atomic E-state index is -0.443. The molecule has 8 heteroatoms. The van der Waals surface area contributed by atoms with Gasteiger partial charge in [0.15, 0.2) is 0 Å². The second-order valence-corrected chi connectivity index (χ2v) is 4.76. The summed E-state index contributed by atoms with van der Waals surface area (Å²) in [5, 5.41) is 16.9. The van der Waals surface area contributed by atoms with Crippen LogP contribution in [0.4, 0.5) is 17.1 Å². The summed E-state index contributed by atoms with van der Waals surface area (Å²) in [6, 6.07) is 3.07. The third-order valence-corrected chi connectivity index (χ3v) is 3.31. The van der Waals surface area contributed by atoms with Crippen molar-refractivity contribution in [2.24, 2.45) is 0 Å². The van der Waals surface area contributed by atoms with Gasteiger partial charge in [-0.3, -0.25) is 14.9 Å². The number of carbonyl (C=O) groups excluding carboxylic acids is 1. The minimum Gasteiger partial charge on any atom is -0.379 e. The second-order valence-electron chi connectivity index (χ2n) is 4.76. The van der Waals surface area contributed by atoms with Crippen LogP contribution in [0.1, 0.15) is 11.3 Å². The lowest BCUT2D eigenvalue weighted by Crippen LogP contribution is -2.08. The Balaban J connectivity index is 1.78. The van der Waals surface area contributed by atoms with Gasteiger partial charge >= 0.3 is 0 Å². The van der Waals surface area contributed by atoms with Gasteiger partial charge in [-0.2, -0.15) is 0 Å². The number of aromatic nitrogens is 2. The van der Waals surface area contributed by atoms with Gasteiger partial charge in [0, 0.05) is 36.6 Å². The van der Waals surface area contributed by atoms with E-state index in [2.05, 4.69) is 20.6 Å². The molecule has 1 aromatic heterocycles. The smallest absolute Gasteiger partial charge is 0.292 e. The number of nitro benzene ring substituents is 1. The Labute approximate surface area is 119 Å². The number of rotatable bonds is 5. The van der Waals surface area contributed by atoms with Crippen LogP contribution in [0.25, 0.3) is 0 Å². The van der Waals surface area contributed by atoms with Crippen molar-refractivity contribution in [2.75, 3.05) is 17.2 Å². The topological polar surface area (TPSA) is 113 Å². The predicted molar refractivity (Wildman–Crippen MR) is 76.2 cm³/mol. The number of benzene rings is 1. The second kappa shape index (κ2) is 5.23. The van der Waals surface area contributed by atoms with E-state index in [1.807, 2.05) is 0 Å². The lowest BCUT2D eigenvalue weighted by Gasteiger charge is -2.08. The maximum absolute atomic E-state index is 11.3. The standard InChI is InChI=1S/C13H13N5O3/c19-13-4-8-3-12(18(20)21)11(5-10(8)17-13)15-2-1-9-6-14-7-16-9/h3,5-7,15H,1-2,4H2,(H,14,16)(H,17,19). The molecule has 0 radical (unpaired) electrons. The van der Waals surface area contributed by atoms with Crippen molar-refractivity contribution in [3.05, 3.63) is 46.0 Å². The molecule has 0 unspecified atom stereocenters. The van der Waals surface area contributed by atoms with Crippen molar-refractivity contribution in [3.63, 3.8) is 0 Å². The summed E-state index contributed by atoms with van der Waals surface area (Å²) in [5.41, 5.74) is 2.62. The molecule has 0 bridgehead atoms. The number of hydrogen-bond acceptors (Lipinski definition) is 5. The van der Waals surface area contributed by atoms with E-state index in [1.54, 1.807) is 18.6 Å². The monoisotopic (exact) mass is 287 g/mol. The Kier molecular flexibility index (Phi) is 3.27. The van der Waals surface area contributed by atoms with Gasteiger partial charge in [-0.25, -0.2) is 4.98 Å². The molecule has 0 aliphatic carbocycles. The fourth-order valence-electron chi connectivity index (χ4n) is 2.31. The highest BCUT2D eigenvalue weighted by Crippen LogP contribution is 2.34. The van der Waals surface area contributed by atoms with Crippen LogP contribution in [0.5, 0.6) is 0 Å². The van der Waals surface area contributed by atoms with E-state index in [1.165, 1.54) is 6.07 Å². The van der Waals surface area contributed by atoms with Crippen LogP contribution in [-0.4, -0.2) is 27.3 Å². The van der Waals surface area contributed by atoms with Crippen LogP contribution in [0, 0.1) is 10.1 Å². The highest BCUT2D eigenvalue weighted by atomic mass is 16.6. The molecule has 1 aliphatic rings. The van der Waals surface area contributed by atoms with Crippen molar-refractivity contribution >= 4 is 23.0 Å². The van der Waals surface area contributed by atoms with Crippen LogP contribution in [0.2, 0.25) is 0 Å². The van der Waals surface area contributed by atoms with Crippen molar-refractivity contribution in [1.29, 1.82) is 0 Å². The summed E-state index contributed by atoms with van der Waals surface area (Å²) in [6.45, 7) is 0.524. The van der Waals surface area contributed by atoms with Crippen LogP contribution >= 0.6 is 0 Å². The molecule has 21 heavy (non-hydrogen) atoms. The molecule has 1 aliphatic heterocycles. The fourth-order valence-corrected chi connectivity index (χ4v) is 2.31. The number of nitro groups is 1. The molecule has 1 amide bonds. The Bertz CT molecular complexity index is 696. The number of fused-ring (bicyclic) bond motifs is 1. The molecule has 108 valence electrons. The Morgan fingerprint density at radius 3 is 3.00 bits per heavy atom. The quantitative estimate of drug-likeness (QED) is 0.569. The van der Waals surface area contributed by atoms with Gasteiger partial charge in [-0.05, 0) is 11.6 Å². The highest BCUT2D eigenvalue weighted by molar-refractivity contribution is 6.00. The van der Waals surface area contributed by atoms with Gasteiger partial charge in [-0.15, -0.1) is 0 Å². The van der Waals surface area contributed by atoms with E-state index < -0.39 is 4.92 Å². The Morgan fingerprint density at radius 2 is 2.29 bits per heavy atom. The maximum Gasteiger partial charge on any atom is 0.292 e. The molecule has 0 spiro atoms. The van der Waals surface area contributed by atoms with Gasteiger partial charge in [-0.1, -0.05) is 0 Å².